The van der Waals surface area contributed by atoms with Crippen molar-refractivity contribution in [3.8, 4) is 0 Å². The van der Waals surface area contributed by atoms with E-state index < -0.39 is 78.6 Å². The number of nitrogens with one attached hydrogen (secondary N) is 4. The van der Waals surface area contributed by atoms with Crippen LogP contribution in [0.1, 0.15) is 88.9 Å². The number of cyclic esters (lactones) is 1. The van der Waals surface area contributed by atoms with Gasteiger partial charge in [0, 0.05) is 29.1 Å². The van der Waals surface area contributed by atoms with Gasteiger partial charge in [-0.25, -0.2) is 4.79 Å². The molecule has 252 valence electrons. The number of aromatic amines is 1. The highest BCUT2D eigenvalue weighted by molar-refractivity contribution is 6.20. The van der Waals surface area contributed by atoms with E-state index in [2.05, 4.69) is 27.9 Å². The van der Waals surface area contributed by atoms with Crippen LogP contribution in [-0.4, -0.2) is 81.5 Å². The zero-order chi connectivity index (χ0) is 33.8. The number of aromatic nitrogens is 1. The van der Waals surface area contributed by atoms with E-state index >= 15 is 0 Å². The second-order valence-electron chi connectivity index (χ2n) is 12.0. The molecule has 46 heavy (non-hydrogen) atoms. The Morgan fingerprint density at radius 3 is 2.28 bits per heavy atom. The minimum atomic E-state index is -1.89. The number of rotatable bonds is 14. The van der Waals surface area contributed by atoms with E-state index in [4.69, 9.17) is 4.74 Å². The zero-order valence-electron chi connectivity index (χ0n) is 26.7. The maximum atomic E-state index is 13.8. The Balaban J connectivity index is 1.95. The Kier molecular flexibility index (Phi) is 13.7. The number of carboxylic acids is 1. The Hall–Kier alpha value is -4.26. The number of benzene rings is 1. The first-order valence-electron chi connectivity index (χ1n) is 16.0. The number of H-pyrrole nitrogens is 1. The number of aliphatic hydroxyl groups is 1. The van der Waals surface area contributed by atoms with Crippen LogP contribution in [0.5, 0.6) is 0 Å². The topological polar surface area (TPSA) is 204 Å². The van der Waals surface area contributed by atoms with Crippen LogP contribution < -0.4 is 16.0 Å². The minimum Gasteiger partial charge on any atom is -0.481 e. The Labute approximate surface area is 268 Å². The smallest absolute Gasteiger partial charge is 0.331 e. The van der Waals surface area contributed by atoms with E-state index in [9.17, 15) is 39.0 Å². The van der Waals surface area contributed by atoms with Gasteiger partial charge in [-0.3, -0.25) is 24.0 Å². The van der Waals surface area contributed by atoms with Crippen LogP contribution >= 0.6 is 0 Å². The van der Waals surface area contributed by atoms with Gasteiger partial charge in [0.2, 0.25) is 11.8 Å². The van der Waals surface area contributed by atoms with E-state index in [1.165, 1.54) is 13.1 Å². The fraction of sp³-hybridized carbons (Fsp3) is 0.576. The second-order valence-corrected chi connectivity index (χ2v) is 12.0. The molecule has 1 aromatic heterocycles. The molecule has 1 aliphatic heterocycles. The molecule has 3 amide bonds. The number of carboxylic acid groups (broad SMARTS) is 1. The van der Waals surface area contributed by atoms with Crippen molar-refractivity contribution in [2.24, 2.45) is 11.8 Å². The lowest BCUT2D eigenvalue weighted by Gasteiger charge is -2.31. The van der Waals surface area contributed by atoms with Crippen LogP contribution in [0.4, 0.5) is 0 Å². The number of unbranched alkanes of at least 4 members (excludes halogenated alkanes) is 5. The maximum Gasteiger partial charge on any atom is 0.331 e. The van der Waals surface area contributed by atoms with Gasteiger partial charge in [0.05, 0.1) is 12.5 Å². The molecule has 13 nitrogen and oxygen atoms in total. The summed E-state index contributed by atoms with van der Waals surface area (Å²) >= 11 is 0. The quantitative estimate of drug-likeness (QED) is 0.0775. The lowest BCUT2D eigenvalue weighted by molar-refractivity contribution is -0.161. The summed E-state index contributed by atoms with van der Waals surface area (Å²) in [5, 5.41) is 27.1. The summed E-state index contributed by atoms with van der Waals surface area (Å²) in [6.07, 6.45) is 6.43. The normalized spacial score (nSPS) is 23.6. The zero-order valence-corrected chi connectivity index (χ0v) is 26.7. The number of hydrogen-bond acceptors (Lipinski definition) is 8. The molecule has 2 heterocycles. The molecule has 6 atom stereocenters. The summed E-state index contributed by atoms with van der Waals surface area (Å²) < 4.78 is 5.78. The monoisotopic (exact) mass is 642 g/mol. The van der Waals surface area contributed by atoms with Gasteiger partial charge >= 0.3 is 11.9 Å². The number of hydrogen-bond donors (Lipinski definition) is 6. The molecule has 1 aliphatic rings. The SMILES string of the molecule is CCCCCCCC[C@@H](C)C1OC(=O)C(CO)NC(=O)C(C(=O)c2c[nH]c3ccccc23)NC(=O)[C@@H](CCC(=O)O)NC(=O)[C@H]1C. The number of aliphatic hydroxyl groups excluding tert-OH is 1. The van der Waals surface area contributed by atoms with Gasteiger partial charge in [0.1, 0.15) is 12.1 Å². The molecule has 0 radical (unpaired) electrons. The lowest BCUT2D eigenvalue weighted by atomic mass is 9.88. The molecule has 13 heteroatoms. The molecule has 1 fully saturated rings. The molecule has 0 aliphatic carbocycles. The average Bonchev–Trinajstić information content (AvgIpc) is 3.47. The summed E-state index contributed by atoms with van der Waals surface area (Å²) in [5.74, 6) is -7.04. The third-order valence-electron chi connectivity index (χ3n) is 8.46. The van der Waals surface area contributed by atoms with Crippen molar-refractivity contribution in [1.82, 2.24) is 20.9 Å². The Bertz CT molecular complexity index is 1390. The van der Waals surface area contributed by atoms with Gasteiger partial charge < -0.3 is 35.9 Å². The van der Waals surface area contributed by atoms with Crippen molar-refractivity contribution < 1.29 is 43.7 Å². The summed E-state index contributed by atoms with van der Waals surface area (Å²) in [6.45, 7) is 4.64. The first-order chi connectivity index (χ1) is 22.0. The van der Waals surface area contributed by atoms with Crippen molar-refractivity contribution in [3.05, 3.63) is 36.0 Å². The van der Waals surface area contributed by atoms with Crippen LogP contribution in [0.2, 0.25) is 0 Å². The number of para-hydroxylation sites is 1. The number of carbonyl (C=O) groups is 6. The maximum absolute atomic E-state index is 13.8. The number of amides is 3. The first kappa shape index (κ1) is 36.2. The molecule has 0 spiro atoms. The van der Waals surface area contributed by atoms with Crippen molar-refractivity contribution >= 4 is 46.3 Å². The van der Waals surface area contributed by atoms with Crippen molar-refractivity contribution in [2.45, 2.75) is 103 Å². The van der Waals surface area contributed by atoms with E-state index in [0.717, 1.165) is 38.5 Å². The molecule has 3 rings (SSSR count). The minimum absolute atomic E-state index is 0.0758. The highest BCUT2D eigenvalue weighted by Gasteiger charge is 2.40. The van der Waals surface area contributed by atoms with Gasteiger partial charge in [0.25, 0.3) is 5.91 Å². The van der Waals surface area contributed by atoms with Gasteiger partial charge in [-0.15, -0.1) is 0 Å². The molecule has 0 bridgehead atoms. The molecule has 3 unspecified atom stereocenters. The second kappa shape index (κ2) is 17.4. The van der Waals surface area contributed by atoms with Crippen LogP contribution in [-0.2, 0) is 28.7 Å². The van der Waals surface area contributed by atoms with Crippen LogP contribution in [0.25, 0.3) is 10.9 Å². The van der Waals surface area contributed by atoms with Crippen molar-refractivity contribution in [1.29, 1.82) is 0 Å². The number of fused-ring (bicyclic) bond motifs is 1. The predicted molar refractivity (Wildman–Crippen MR) is 169 cm³/mol. The van der Waals surface area contributed by atoms with Crippen LogP contribution in [0, 0.1) is 11.8 Å². The van der Waals surface area contributed by atoms with E-state index in [0.29, 0.717) is 17.3 Å². The number of aliphatic carboxylic acids is 1. The highest BCUT2D eigenvalue weighted by atomic mass is 16.5. The average molecular weight is 643 g/mol. The third kappa shape index (κ3) is 9.62. The Morgan fingerprint density at radius 1 is 0.913 bits per heavy atom. The number of carbonyl (C=O) groups excluding carboxylic acids is 5. The van der Waals surface area contributed by atoms with Crippen LogP contribution in [0.15, 0.2) is 30.5 Å². The van der Waals surface area contributed by atoms with Crippen molar-refractivity contribution in [2.75, 3.05) is 6.61 Å². The number of esters is 1. The largest absolute Gasteiger partial charge is 0.481 e. The molecule has 1 aromatic carbocycles. The van der Waals surface area contributed by atoms with E-state index in [1.54, 1.807) is 24.3 Å². The highest BCUT2D eigenvalue weighted by Crippen LogP contribution is 2.25. The molecule has 0 saturated carbocycles. The summed E-state index contributed by atoms with van der Waals surface area (Å²) in [6, 6.07) is 1.90. The summed E-state index contributed by atoms with van der Waals surface area (Å²) in [4.78, 5) is 82.0. The van der Waals surface area contributed by atoms with E-state index in [1.807, 2.05) is 6.92 Å². The fourth-order valence-electron chi connectivity index (χ4n) is 5.69. The third-order valence-corrected chi connectivity index (χ3v) is 8.46. The number of Topliss-reactive ketones (excluding diaryl/α,β-unsaturated/α-hetero) is 1. The van der Waals surface area contributed by atoms with Gasteiger partial charge in [-0.1, -0.05) is 77.5 Å². The molecular weight excluding hydrogens is 596 g/mol. The van der Waals surface area contributed by atoms with E-state index in [-0.39, 0.29) is 17.9 Å². The summed E-state index contributed by atoms with van der Waals surface area (Å²) in [7, 11) is 0. The standard InChI is InChI=1S/C33H46N4O9/c1-4-5-6-7-8-9-12-19(2)29-20(3)30(42)35-24(15-16-26(39)40)31(43)37-27(32(44)36-25(18-38)33(45)46-29)28(41)22-17-34-23-14-11-10-13-21(22)23/h10-11,13-14,17,19-20,24-25,27,29,34,38H,4-9,12,15-16,18H2,1-3H3,(H,35,42)(H,36,44)(H,37,43)(H,39,40)/t19-,20+,24-,25?,27?,29?/m1/s1. The lowest BCUT2D eigenvalue weighted by Crippen LogP contribution is -2.58. The van der Waals surface area contributed by atoms with Gasteiger partial charge in [-0.2, -0.15) is 0 Å². The van der Waals surface area contributed by atoms with Crippen LogP contribution in [0.3, 0.4) is 0 Å². The number of ether oxygens (including phenoxy) is 1. The molecular formula is C33H46N4O9. The molecule has 6 N–H and O–H groups in total. The molecule has 2 aromatic rings. The Morgan fingerprint density at radius 2 is 1.59 bits per heavy atom. The van der Waals surface area contributed by atoms with Gasteiger partial charge in [-0.05, 0) is 24.8 Å². The van der Waals surface area contributed by atoms with Gasteiger partial charge in [0.15, 0.2) is 17.9 Å². The first-order valence-corrected chi connectivity index (χ1v) is 16.0. The number of ketones is 1. The van der Waals surface area contributed by atoms with Crippen molar-refractivity contribution in [3.63, 3.8) is 0 Å². The fourth-order valence-corrected chi connectivity index (χ4v) is 5.69. The summed E-state index contributed by atoms with van der Waals surface area (Å²) in [5.41, 5.74) is 0.674. The predicted octanol–water partition coefficient (Wildman–Crippen LogP) is 2.61. The molecule has 1 saturated heterocycles.